The molecule has 0 aromatic heterocycles. The number of allylic oxidation sites excluding steroid dienone is 1. The molecule has 0 heterocycles. The molecule has 6 atom stereocenters. The van der Waals surface area contributed by atoms with E-state index in [1.54, 1.807) is 0 Å². The van der Waals surface area contributed by atoms with E-state index >= 15 is 0 Å². The van der Waals surface area contributed by atoms with Gasteiger partial charge >= 0.3 is 0 Å². The smallest absolute Gasteiger partial charge is 0.155 e. The molecule has 0 saturated heterocycles. The largest absolute Gasteiger partial charge is 0.295 e. The van der Waals surface area contributed by atoms with E-state index in [0.717, 1.165) is 55.8 Å². The summed E-state index contributed by atoms with van der Waals surface area (Å²) in [7, 11) is 0. The van der Waals surface area contributed by atoms with E-state index in [0.29, 0.717) is 16.6 Å². The van der Waals surface area contributed by atoms with E-state index in [9.17, 15) is 4.79 Å². The lowest BCUT2D eigenvalue weighted by molar-refractivity contribution is -0.117. The van der Waals surface area contributed by atoms with Gasteiger partial charge in [-0.2, -0.15) is 5.26 Å². The van der Waals surface area contributed by atoms with E-state index in [4.69, 9.17) is 5.26 Å². The van der Waals surface area contributed by atoms with Crippen LogP contribution in [0.4, 0.5) is 0 Å². The van der Waals surface area contributed by atoms with Gasteiger partial charge in [0.2, 0.25) is 0 Å². The lowest BCUT2D eigenvalue weighted by Crippen LogP contribution is -2.50. The van der Waals surface area contributed by atoms with Gasteiger partial charge in [-0.25, -0.2) is 0 Å². The molecular formula is C23H33NO. The maximum Gasteiger partial charge on any atom is 0.155 e. The number of hydrogen-bond acceptors (Lipinski definition) is 2. The zero-order chi connectivity index (χ0) is 17.7. The summed E-state index contributed by atoms with van der Waals surface area (Å²) >= 11 is 0. The zero-order valence-electron chi connectivity index (χ0n) is 16.0. The molecule has 3 saturated carbocycles. The predicted molar refractivity (Wildman–Crippen MR) is 99.7 cm³/mol. The molecule has 2 nitrogen and oxygen atoms in total. The summed E-state index contributed by atoms with van der Waals surface area (Å²) in [6.45, 7) is 5.06. The second kappa shape index (κ2) is 6.26. The minimum Gasteiger partial charge on any atom is -0.295 e. The van der Waals surface area contributed by atoms with Crippen molar-refractivity contribution in [3.05, 3.63) is 11.6 Å². The summed E-state index contributed by atoms with van der Waals surface area (Å²) in [5.41, 5.74) is 2.30. The van der Waals surface area contributed by atoms with Gasteiger partial charge < -0.3 is 0 Å². The van der Waals surface area contributed by atoms with Crippen molar-refractivity contribution in [1.29, 1.82) is 5.26 Å². The third kappa shape index (κ3) is 2.61. The third-order valence-electron chi connectivity index (χ3n) is 9.00. The van der Waals surface area contributed by atoms with Crippen molar-refractivity contribution in [3.63, 3.8) is 0 Å². The molecule has 4 aliphatic carbocycles. The molecule has 4 rings (SSSR count). The average molecular weight is 340 g/mol. The summed E-state index contributed by atoms with van der Waals surface area (Å²) in [6, 6.07) is 2.33. The van der Waals surface area contributed by atoms with Gasteiger partial charge in [0.1, 0.15) is 0 Å². The summed E-state index contributed by atoms with van der Waals surface area (Å²) in [5.74, 6) is 3.76. The SMILES string of the molecule is CC12CCC(=O)C=C1CCC1C2CC[C@]2(C)C(CCCC#N)CCC12. The van der Waals surface area contributed by atoms with E-state index in [1.165, 1.54) is 44.1 Å². The van der Waals surface area contributed by atoms with Crippen molar-refractivity contribution < 1.29 is 4.79 Å². The highest BCUT2D eigenvalue weighted by molar-refractivity contribution is 5.91. The van der Waals surface area contributed by atoms with Crippen LogP contribution in [-0.4, -0.2) is 5.78 Å². The van der Waals surface area contributed by atoms with Gasteiger partial charge in [-0.15, -0.1) is 0 Å². The molecule has 25 heavy (non-hydrogen) atoms. The monoisotopic (exact) mass is 339 g/mol. The molecule has 0 aliphatic heterocycles. The van der Waals surface area contributed by atoms with Crippen LogP contribution in [-0.2, 0) is 4.79 Å². The Balaban J connectivity index is 1.55. The Bertz CT molecular complexity index is 628. The Morgan fingerprint density at radius 1 is 1.12 bits per heavy atom. The molecule has 0 amide bonds. The number of rotatable bonds is 3. The van der Waals surface area contributed by atoms with Crippen LogP contribution >= 0.6 is 0 Å². The van der Waals surface area contributed by atoms with Crippen LogP contribution in [0.15, 0.2) is 11.6 Å². The molecule has 0 aromatic rings. The number of nitrogens with zero attached hydrogens (tertiary/aromatic N) is 1. The zero-order valence-corrected chi connectivity index (χ0v) is 16.0. The first kappa shape index (κ1) is 17.3. The summed E-state index contributed by atoms with van der Waals surface area (Å²) < 4.78 is 0. The number of hydrogen-bond donors (Lipinski definition) is 0. The average Bonchev–Trinajstić information content (AvgIpc) is 2.92. The lowest BCUT2D eigenvalue weighted by atomic mass is 9.46. The number of carbonyl (C=O) groups is 1. The molecular weight excluding hydrogens is 306 g/mol. The summed E-state index contributed by atoms with van der Waals surface area (Å²) in [5, 5.41) is 8.87. The fourth-order valence-corrected chi connectivity index (χ4v) is 7.57. The Kier molecular flexibility index (Phi) is 4.33. The Morgan fingerprint density at radius 3 is 2.76 bits per heavy atom. The molecule has 2 heteroatoms. The van der Waals surface area contributed by atoms with Gasteiger partial charge in [-0.1, -0.05) is 19.4 Å². The summed E-state index contributed by atoms with van der Waals surface area (Å²) in [4.78, 5) is 11.9. The second-order valence-electron chi connectivity index (χ2n) is 9.84. The van der Waals surface area contributed by atoms with Crippen LogP contribution in [0.25, 0.3) is 0 Å². The topological polar surface area (TPSA) is 40.9 Å². The highest BCUT2D eigenvalue weighted by Crippen LogP contribution is 2.67. The summed E-state index contributed by atoms with van der Waals surface area (Å²) in [6.07, 6.45) is 14.9. The highest BCUT2D eigenvalue weighted by atomic mass is 16.1. The maximum atomic E-state index is 11.9. The fourth-order valence-electron chi connectivity index (χ4n) is 7.57. The fraction of sp³-hybridized carbons (Fsp3) is 0.826. The number of carbonyl (C=O) groups excluding carboxylic acids is 1. The lowest BCUT2D eigenvalue weighted by Gasteiger charge is -2.58. The van der Waals surface area contributed by atoms with Gasteiger partial charge in [-0.05, 0) is 98.4 Å². The van der Waals surface area contributed by atoms with Crippen molar-refractivity contribution >= 4 is 5.78 Å². The molecule has 0 aromatic carbocycles. The molecule has 0 radical (unpaired) electrons. The number of nitriles is 1. The maximum absolute atomic E-state index is 11.9. The first-order valence-electron chi connectivity index (χ1n) is 10.6. The molecule has 0 bridgehead atoms. The van der Waals surface area contributed by atoms with Crippen LogP contribution in [0.2, 0.25) is 0 Å². The van der Waals surface area contributed by atoms with Crippen LogP contribution in [0.3, 0.4) is 0 Å². The van der Waals surface area contributed by atoms with Crippen LogP contribution < -0.4 is 0 Å². The van der Waals surface area contributed by atoms with Crippen LogP contribution in [0.5, 0.6) is 0 Å². The Morgan fingerprint density at radius 2 is 1.96 bits per heavy atom. The highest BCUT2D eigenvalue weighted by Gasteiger charge is 2.58. The first-order valence-corrected chi connectivity index (χ1v) is 10.6. The Labute approximate surface area is 153 Å². The molecule has 5 unspecified atom stereocenters. The molecule has 3 fully saturated rings. The van der Waals surface area contributed by atoms with E-state index < -0.39 is 0 Å². The first-order chi connectivity index (χ1) is 12.0. The number of unbranched alkanes of at least 4 members (excludes halogenated alkanes) is 1. The van der Waals surface area contributed by atoms with Gasteiger partial charge in [0.15, 0.2) is 5.78 Å². The minimum absolute atomic E-state index is 0.303. The van der Waals surface area contributed by atoms with Crippen molar-refractivity contribution in [1.82, 2.24) is 0 Å². The number of fused-ring (bicyclic) bond motifs is 5. The number of ketones is 1. The molecule has 136 valence electrons. The predicted octanol–water partition coefficient (Wildman–Crippen LogP) is 5.83. The second-order valence-corrected chi connectivity index (χ2v) is 9.84. The molecule has 4 aliphatic rings. The normalized spacial score (nSPS) is 45.8. The van der Waals surface area contributed by atoms with E-state index in [2.05, 4.69) is 19.9 Å². The van der Waals surface area contributed by atoms with Crippen LogP contribution in [0.1, 0.15) is 84.5 Å². The Hall–Kier alpha value is -1.10. The third-order valence-corrected chi connectivity index (χ3v) is 9.00. The van der Waals surface area contributed by atoms with Crippen molar-refractivity contribution in [2.24, 2.45) is 34.5 Å². The van der Waals surface area contributed by atoms with E-state index in [-0.39, 0.29) is 0 Å². The van der Waals surface area contributed by atoms with Gasteiger partial charge in [0.05, 0.1) is 6.07 Å². The van der Waals surface area contributed by atoms with Crippen molar-refractivity contribution in [3.8, 4) is 6.07 Å². The molecule has 0 N–H and O–H groups in total. The van der Waals surface area contributed by atoms with Crippen molar-refractivity contribution in [2.45, 2.75) is 84.5 Å². The molecule has 0 spiro atoms. The van der Waals surface area contributed by atoms with Gasteiger partial charge in [-0.3, -0.25) is 4.79 Å². The minimum atomic E-state index is 0.303. The van der Waals surface area contributed by atoms with Gasteiger partial charge in [0.25, 0.3) is 0 Å². The quantitative estimate of drug-likeness (QED) is 0.607. The van der Waals surface area contributed by atoms with Crippen molar-refractivity contribution in [2.75, 3.05) is 0 Å². The van der Waals surface area contributed by atoms with E-state index in [1.807, 2.05) is 6.08 Å². The van der Waals surface area contributed by atoms with Crippen LogP contribution in [0, 0.1) is 45.8 Å². The standard InChI is InChI=1S/C23H33NO/c1-22-13-11-21-19(20(22)9-7-16(22)5-3-4-14-24)8-6-17-15-18(25)10-12-23(17,21)2/h15-16,19-21H,3-13H2,1-2H3/t16?,19?,20?,21?,22-,23?/m1/s1. The van der Waals surface area contributed by atoms with Gasteiger partial charge in [0, 0.05) is 12.8 Å².